The van der Waals surface area contributed by atoms with Crippen LogP contribution in [0.2, 0.25) is 0 Å². The molecule has 0 aromatic heterocycles. The highest BCUT2D eigenvalue weighted by molar-refractivity contribution is 4.79. The van der Waals surface area contributed by atoms with E-state index in [0.717, 1.165) is 31.8 Å². The van der Waals surface area contributed by atoms with Crippen molar-refractivity contribution in [2.75, 3.05) is 19.8 Å². The molecule has 0 radical (unpaired) electrons. The van der Waals surface area contributed by atoms with Crippen LogP contribution in [0.4, 0.5) is 13.2 Å². The summed E-state index contributed by atoms with van der Waals surface area (Å²) >= 11 is 0. The van der Waals surface area contributed by atoms with Gasteiger partial charge in [-0.1, -0.05) is 19.8 Å². The van der Waals surface area contributed by atoms with Crippen LogP contribution in [-0.2, 0) is 9.47 Å². The number of hydrogen-bond acceptors (Lipinski definition) is 2. The van der Waals surface area contributed by atoms with Gasteiger partial charge >= 0.3 is 6.18 Å². The van der Waals surface area contributed by atoms with E-state index in [1.807, 2.05) is 0 Å². The van der Waals surface area contributed by atoms with E-state index in [9.17, 15) is 13.2 Å². The molecule has 2 nitrogen and oxygen atoms in total. The van der Waals surface area contributed by atoms with Crippen LogP contribution in [-0.4, -0.2) is 32.1 Å². The summed E-state index contributed by atoms with van der Waals surface area (Å²) in [4.78, 5) is 0. The molecule has 0 bridgehead atoms. The molecule has 1 aliphatic carbocycles. The number of rotatable bonds is 11. The van der Waals surface area contributed by atoms with Crippen molar-refractivity contribution in [3.8, 4) is 0 Å². The summed E-state index contributed by atoms with van der Waals surface area (Å²) in [7, 11) is 0. The third kappa shape index (κ3) is 8.80. The first-order valence-corrected chi connectivity index (χ1v) is 7.77. The van der Waals surface area contributed by atoms with Crippen molar-refractivity contribution in [2.45, 2.75) is 70.6 Å². The summed E-state index contributed by atoms with van der Waals surface area (Å²) in [6, 6.07) is 0. The minimum Gasteiger partial charge on any atom is -0.381 e. The number of unbranched alkanes of at least 4 members (excludes halogenated alkanes) is 2. The van der Waals surface area contributed by atoms with Crippen LogP contribution in [0.1, 0.15) is 58.3 Å². The molecule has 0 heterocycles. The fraction of sp³-hybridized carbons (Fsp3) is 1.00. The Labute approximate surface area is 120 Å². The second-order valence-electron chi connectivity index (χ2n) is 5.66. The highest BCUT2D eigenvalue weighted by Crippen LogP contribution is 2.33. The predicted octanol–water partition coefficient (Wildman–Crippen LogP) is 4.72. The van der Waals surface area contributed by atoms with Crippen molar-refractivity contribution < 1.29 is 22.6 Å². The highest BCUT2D eigenvalue weighted by atomic mass is 19.4. The maximum atomic E-state index is 11.8. The first-order chi connectivity index (χ1) is 9.51. The Bertz CT molecular complexity index is 238. The van der Waals surface area contributed by atoms with E-state index in [-0.39, 0.29) is 6.61 Å². The first-order valence-electron chi connectivity index (χ1n) is 7.77. The molecule has 5 heteroatoms. The molecule has 0 spiro atoms. The van der Waals surface area contributed by atoms with Crippen molar-refractivity contribution >= 4 is 0 Å². The van der Waals surface area contributed by atoms with E-state index in [2.05, 4.69) is 6.92 Å². The van der Waals surface area contributed by atoms with Crippen molar-refractivity contribution in [3.63, 3.8) is 0 Å². The average Bonchev–Trinajstić information content (AvgIpc) is 2.31. The van der Waals surface area contributed by atoms with Crippen LogP contribution in [0.15, 0.2) is 0 Å². The lowest BCUT2D eigenvalue weighted by molar-refractivity contribution is -0.145. The molecule has 1 fully saturated rings. The molecule has 20 heavy (non-hydrogen) atoms. The first kappa shape index (κ1) is 17.8. The summed E-state index contributed by atoms with van der Waals surface area (Å²) in [5, 5.41) is 0. The maximum Gasteiger partial charge on any atom is 0.391 e. The van der Waals surface area contributed by atoms with Gasteiger partial charge in [0.2, 0.25) is 0 Å². The topological polar surface area (TPSA) is 18.5 Å². The van der Waals surface area contributed by atoms with Gasteiger partial charge < -0.3 is 9.47 Å². The normalized spacial score (nSPS) is 22.8. The molecule has 0 aromatic carbocycles. The van der Waals surface area contributed by atoms with Gasteiger partial charge in [-0.15, -0.1) is 0 Å². The van der Waals surface area contributed by atoms with Gasteiger partial charge in [0, 0.05) is 13.2 Å². The second kappa shape index (κ2) is 9.61. The van der Waals surface area contributed by atoms with E-state index in [4.69, 9.17) is 9.47 Å². The molecule has 1 rings (SSSR count). The Kier molecular flexibility index (Phi) is 8.53. The molecular weight excluding hydrogens is 269 g/mol. The molecule has 0 unspecified atom stereocenters. The summed E-state index contributed by atoms with van der Waals surface area (Å²) in [5.41, 5.74) is 0. The van der Waals surface area contributed by atoms with Crippen LogP contribution in [0.3, 0.4) is 0 Å². The number of ether oxygens (including phenoxy) is 2. The van der Waals surface area contributed by atoms with E-state index in [1.165, 1.54) is 25.7 Å². The molecule has 1 saturated carbocycles. The Hall–Kier alpha value is -0.290. The molecule has 0 saturated heterocycles. The molecular formula is C15H27F3O2. The lowest BCUT2D eigenvalue weighted by Crippen LogP contribution is -2.31. The summed E-state index contributed by atoms with van der Waals surface area (Å²) in [6.45, 7) is 3.18. The van der Waals surface area contributed by atoms with Gasteiger partial charge in [0.15, 0.2) is 0 Å². The van der Waals surface area contributed by atoms with Gasteiger partial charge in [-0.05, 0) is 38.0 Å². The quantitative estimate of drug-likeness (QED) is 0.514. The highest BCUT2D eigenvalue weighted by Gasteiger charge is 2.28. The van der Waals surface area contributed by atoms with E-state index < -0.39 is 12.6 Å². The van der Waals surface area contributed by atoms with E-state index in [1.54, 1.807) is 0 Å². The molecule has 0 amide bonds. The SMILES string of the molecule is CCCC1CC(OCCCCCOCCC(F)(F)F)C1. The fourth-order valence-corrected chi connectivity index (χ4v) is 2.48. The van der Waals surface area contributed by atoms with E-state index in [0.29, 0.717) is 12.7 Å². The van der Waals surface area contributed by atoms with Crippen molar-refractivity contribution in [1.82, 2.24) is 0 Å². The van der Waals surface area contributed by atoms with Crippen molar-refractivity contribution in [3.05, 3.63) is 0 Å². The van der Waals surface area contributed by atoms with Gasteiger partial charge in [-0.2, -0.15) is 13.2 Å². The largest absolute Gasteiger partial charge is 0.391 e. The van der Waals surface area contributed by atoms with Crippen LogP contribution >= 0.6 is 0 Å². The van der Waals surface area contributed by atoms with E-state index >= 15 is 0 Å². The minimum atomic E-state index is -4.10. The summed E-state index contributed by atoms with van der Waals surface area (Å²) in [6.07, 6.45) is 3.21. The number of hydrogen-bond donors (Lipinski definition) is 0. The Morgan fingerprint density at radius 3 is 2.35 bits per heavy atom. The Balaban J connectivity index is 1.76. The Morgan fingerprint density at radius 1 is 1.00 bits per heavy atom. The van der Waals surface area contributed by atoms with Crippen LogP contribution in [0.5, 0.6) is 0 Å². The van der Waals surface area contributed by atoms with Gasteiger partial charge in [0.25, 0.3) is 0 Å². The van der Waals surface area contributed by atoms with Gasteiger partial charge in [0.05, 0.1) is 19.1 Å². The molecule has 0 aliphatic heterocycles. The van der Waals surface area contributed by atoms with Gasteiger partial charge in [-0.3, -0.25) is 0 Å². The number of halogens is 3. The smallest absolute Gasteiger partial charge is 0.381 e. The average molecular weight is 296 g/mol. The standard InChI is InChI=1S/C15H27F3O2/c1-2-6-13-11-14(12-13)20-9-5-3-4-8-19-10-7-15(16,17)18/h13-14H,2-12H2,1H3. The summed E-state index contributed by atoms with van der Waals surface area (Å²) < 4.78 is 46.2. The zero-order chi connectivity index (χ0) is 14.8. The summed E-state index contributed by atoms with van der Waals surface area (Å²) in [5.74, 6) is 0.868. The maximum absolute atomic E-state index is 11.8. The lowest BCUT2D eigenvalue weighted by atomic mass is 9.79. The third-order valence-electron chi connectivity index (χ3n) is 3.71. The fourth-order valence-electron chi connectivity index (χ4n) is 2.48. The van der Waals surface area contributed by atoms with Crippen LogP contribution in [0, 0.1) is 5.92 Å². The van der Waals surface area contributed by atoms with Gasteiger partial charge in [-0.25, -0.2) is 0 Å². The third-order valence-corrected chi connectivity index (χ3v) is 3.71. The van der Waals surface area contributed by atoms with Crippen LogP contribution < -0.4 is 0 Å². The van der Waals surface area contributed by atoms with Crippen molar-refractivity contribution in [2.24, 2.45) is 5.92 Å². The minimum absolute atomic E-state index is 0.221. The molecule has 0 N–H and O–H groups in total. The van der Waals surface area contributed by atoms with Gasteiger partial charge in [0.1, 0.15) is 0 Å². The predicted molar refractivity (Wildman–Crippen MR) is 72.7 cm³/mol. The molecule has 120 valence electrons. The molecule has 0 aromatic rings. The molecule has 0 atom stereocenters. The van der Waals surface area contributed by atoms with Crippen molar-refractivity contribution in [1.29, 1.82) is 0 Å². The lowest BCUT2D eigenvalue weighted by Gasteiger charge is -2.35. The molecule has 1 aliphatic rings. The van der Waals surface area contributed by atoms with Crippen LogP contribution in [0.25, 0.3) is 0 Å². The zero-order valence-electron chi connectivity index (χ0n) is 12.4. The monoisotopic (exact) mass is 296 g/mol. The number of alkyl halides is 3. The second-order valence-corrected chi connectivity index (χ2v) is 5.66. The zero-order valence-corrected chi connectivity index (χ0v) is 12.4. The Morgan fingerprint density at radius 2 is 1.70 bits per heavy atom.